The first kappa shape index (κ1) is 14.0. The van der Waals surface area contributed by atoms with Crippen molar-refractivity contribution < 1.29 is 0 Å². The zero-order valence-corrected chi connectivity index (χ0v) is 11.6. The minimum absolute atomic E-state index is 0.703. The molecular formula is C14H30N2. The Balaban J connectivity index is 2.20. The smallest absolute Gasteiger partial charge is 0.00702 e. The van der Waals surface area contributed by atoms with Crippen molar-refractivity contribution in [1.82, 2.24) is 10.2 Å². The average Bonchev–Trinajstić information content (AvgIpc) is 3.04. The van der Waals surface area contributed by atoms with E-state index in [2.05, 4.69) is 37.9 Å². The van der Waals surface area contributed by atoms with E-state index in [1.54, 1.807) is 0 Å². The Morgan fingerprint density at radius 3 is 2.44 bits per heavy atom. The minimum atomic E-state index is 0.703. The van der Waals surface area contributed by atoms with Crippen LogP contribution in [0.25, 0.3) is 0 Å². The molecule has 0 aliphatic heterocycles. The Bertz CT molecular complexity index is 176. The van der Waals surface area contributed by atoms with Gasteiger partial charge in [-0.2, -0.15) is 0 Å². The molecule has 96 valence electrons. The number of rotatable bonds is 9. The summed E-state index contributed by atoms with van der Waals surface area (Å²) >= 11 is 0. The second-order valence-corrected chi connectivity index (χ2v) is 5.58. The average molecular weight is 226 g/mol. The summed E-state index contributed by atoms with van der Waals surface area (Å²) in [5.74, 6) is 1.01. The van der Waals surface area contributed by atoms with E-state index in [4.69, 9.17) is 0 Å². The third kappa shape index (κ3) is 5.31. The van der Waals surface area contributed by atoms with Crippen LogP contribution >= 0.6 is 0 Å². The van der Waals surface area contributed by atoms with Crippen LogP contribution in [0.2, 0.25) is 0 Å². The Morgan fingerprint density at radius 2 is 1.94 bits per heavy atom. The predicted octanol–water partition coefficient (Wildman–Crippen LogP) is 2.89. The molecule has 1 unspecified atom stereocenters. The minimum Gasteiger partial charge on any atom is -0.317 e. The van der Waals surface area contributed by atoms with Crippen molar-refractivity contribution in [2.24, 2.45) is 5.92 Å². The van der Waals surface area contributed by atoms with E-state index in [1.165, 1.54) is 38.8 Å². The molecule has 0 aromatic rings. The molecule has 1 fully saturated rings. The lowest BCUT2D eigenvalue weighted by molar-refractivity contribution is 0.147. The Kier molecular flexibility index (Phi) is 6.37. The number of nitrogens with one attached hydrogen (secondary N) is 1. The van der Waals surface area contributed by atoms with Gasteiger partial charge in [0.1, 0.15) is 0 Å². The summed E-state index contributed by atoms with van der Waals surface area (Å²) in [6.07, 6.45) is 5.57. The highest BCUT2D eigenvalue weighted by Gasteiger charge is 2.27. The van der Waals surface area contributed by atoms with Gasteiger partial charge in [0.15, 0.2) is 0 Å². The lowest BCUT2D eigenvalue weighted by atomic mass is 10.1. The van der Waals surface area contributed by atoms with Crippen molar-refractivity contribution >= 4 is 0 Å². The molecule has 2 nitrogen and oxygen atoms in total. The van der Waals surface area contributed by atoms with Gasteiger partial charge in [0.2, 0.25) is 0 Å². The summed E-state index contributed by atoms with van der Waals surface area (Å²) in [6, 6.07) is 1.45. The first-order valence-corrected chi connectivity index (χ1v) is 7.11. The van der Waals surface area contributed by atoms with Crippen molar-refractivity contribution in [3.05, 3.63) is 0 Å². The normalized spacial score (nSPS) is 18.4. The van der Waals surface area contributed by atoms with Crippen LogP contribution in [0.4, 0.5) is 0 Å². The van der Waals surface area contributed by atoms with Crippen LogP contribution in [0.1, 0.15) is 53.4 Å². The lowest BCUT2D eigenvalue weighted by Gasteiger charge is -2.33. The number of hydrogen-bond donors (Lipinski definition) is 1. The fraction of sp³-hybridized carbons (Fsp3) is 1.00. The van der Waals surface area contributed by atoms with E-state index in [-0.39, 0.29) is 0 Å². The molecule has 1 saturated carbocycles. The molecule has 1 atom stereocenters. The zero-order valence-electron chi connectivity index (χ0n) is 11.6. The van der Waals surface area contributed by atoms with E-state index < -0.39 is 0 Å². The standard InChI is InChI=1S/C14H30N2/c1-5-15-10-6-7-13(4)16(12(2)3)11-14-8-9-14/h12-15H,5-11H2,1-4H3. The van der Waals surface area contributed by atoms with Gasteiger partial charge in [-0.25, -0.2) is 0 Å². The third-order valence-corrected chi connectivity index (χ3v) is 3.62. The lowest BCUT2D eigenvalue weighted by Crippen LogP contribution is -2.40. The molecule has 0 heterocycles. The van der Waals surface area contributed by atoms with Gasteiger partial charge >= 0.3 is 0 Å². The fourth-order valence-corrected chi connectivity index (χ4v) is 2.36. The first-order chi connectivity index (χ1) is 7.65. The van der Waals surface area contributed by atoms with Gasteiger partial charge in [-0.1, -0.05) is 6.92 Å². The van der Waals surface area contributed by atoms with Crippen LogP contribution < -0.4 is 5.32 Å². The highest BCUT2D eigenvalue weighted by Crippen LogP contribution is 2.31. The van der Waals surface area contributed by atoms with Crippen LogP contribution in [0.3, 0.4) is 0 Å². The largest absolute Gasteiger partial charge is 0.317 e. The summed E-state index contributed by atoms with van der Waals surface area (Å²) < 4.78 is 0. The van der Waals surface area contributed by atoms with Gasteiger partial charge in [-0.05, 0) is 65.5 Å². The van der Waals surface area contributed by atoms with Crippen molar-refractivity contribution in [2.45, 2.75) is 65.5 Å². The molecule has 1 aliphatic rings. The van der Waals surface area contributed by atoms with Crippen LogP contribution in [0.5, 0.6) is 0 Å². The molecule has 1 aliphatic carbocycles. The highest BCUT2D eigenvalue weighted by atomic mass is 15.2. The number of nitrogens with zero attached hydrogens (tertiary/aromatic N) is 1. The van der Waals surface area contributed by atoms with Crippen LogP contribution in [-0.2, 0) is 0 Å². The topological polar surface area (TPSA) is 15.3 Å². The molecule has 0 aromatic heterocycles. The van der Waals surface area contributed by atoms with Gasteiger partial charge in [0.05, 0.1) is 0 Å². The third-order valence-electron chi connectivity index (χ3n) is 3.62. The monoisotopic (exact) mass is 226 g/mol. The van der Waals surface area contributed by atoms with Crippen LogP contribution in [-0.4, -0.2) is 36.6 Å². The summed E-state index contributed by atoms with van der Waals surface area (Å²) in [7, 11) is 0. The molecule has 0 aromatic carbocycles. The van der Waals surface area contributed by atoms with E-state index in [9.17, 15) is 0 Å². The Morgan fingerprint density at radius 1 is 1.25 bits per heavy atom. The quantitative estimate of drug-likeness (QED) is 0.608. The van der Waals surface area contributed by atoms with E-state index >= 15 is 0 Å². The fourth-order valence-electron chi connectivity index (χ4n) is 2.36. The van der Waals surface area contributed by atoms with Gasteiger partial charge < -0.3 is 5.32 Å². The van der Waals surface area contributed by atoms with Gasteiger partial charge in [-0.15, -0.1) is 0 Å². The van der Waals surface area contributed by atoms with E-state index in [1.807, 2.05) is 0 Å². The van der Waals surface area contributed by atoms with Gasteiger partial charge in [-0.3, -0.25) is 4.90 Å². The second-order valence-electron chi connectivity index (χ2n) is 5.58. The molecule has 1 rings (SSSR count). The maximum atomic E-state index is 3.41. The van der Waals surface area contributed by atoms with Crippen molar-refractivity contribution in [1.29, 1.82) is 0 Å². The van der Waals surface area contributed by atoms with Crippen molar-refractivity contribution in [2.75, 3.05) is 19.6 Å². The summed E-state index contributed by atoms with van der Waals surface area (Å²) in [4.78, 5) is 2.70. The molecular weight excluding hydrogens is 196 g/mol. The highest BCUT2D eigenvalue weighted by molar-refractivity contribution is 4.81. The molecule has 16 heavy (non-hydrogen) atoms. The summed E-state index contributed by atoms with van der Waals surface area (Å²) in [5.41, 5.74) is 0. The van der Waals surface area contributed by atoms with Crippen molar-refractivity contribution in [3.8, 4) is 0 Å². The van der Waals surface area contributed by atoms with E-state index in [0.29, 0.717) is 6.04 Å². The number of hydrogen-bond acceptors (Lipinski definition) is 2. The molecule has 0 amide bonds. The predicted molar refractivity (Wildman–Crippen MR) is 71.8 cm³/mol. The maximum absolute atomic E-state index is 3.41. The maximum Gasteiger partial charge on any atom is 0.00702 e. The molecule has 0 radical (unpaired) electrons. The first-order valence-electron chi connectivity index (χ1n) is 7.11. The van der Waals surface area contributed by atoms with Crippen molar-refractivity contribution in [3.63, 3.8) is 0 Å². The zero-order chi connectivity index (χ0) is 12.0. The molecule has 0 bridgehead atoms. The SMILES string of the molecule is CCNCCCC(C)N(CC1CC1)C(C)C. The van der Waals surface area contributed by atoms with Gasteiger partial charge in [0.25, 0.3) is 0 Å². The van der Waals surface area contributed by atoms with Crippen LogP contribution in [0.15, 0.2) is 0 Å². The molecule has 0 saturated heterocycles. The molecule has 0 spiro atoms. The molecule has 1 N–H and O–H groups in total. The van der Waals surface area contributed by atoms with Gasteiger partial charge in [0, 0.05) is 18.6 Å². The molecule has 2 heteroatoms. The van der Waals surface area contributed by atoms with Crippen LogP contribution in [0, 0.1) is 5.92 Å². The Labute approximate surface area is 102 Å². The Hall–Kier alpha value is -0.0800. The van der Waals surface area contributed by atoms with E-state index in [0.717, 1.165) is 18.5 Å². The summed E-state index contributed by atoms with van der Waals surface area (Å²) in [6.45, 7) is 12.9. The summed E-state index contributed by atoms with van der Waals surface area (Å²) in [5, 5.41) is 3.41. The second kappa shape index (κ2) is 7.29.